The number of hydrogen-bond donors (Lipinski definition) is 2. The Morgan fingerprint density at radius 1 is 0.750 bits per heavy atom. The highest BCUT2D eigenvalue weighted by molar-refractivity contribution is 7.80. The van der Waals surface area contributed by atoms with Crippen LogP contribution in [0.25, 0.3) is 10.8 Å². The van der Waals surface area contributed by atoms with E-state index in [2.05, 4.69) is 10.6 Å². The quantitative estimate of drug-likeness (QED) is 0.585. The summed E-state index contributed by atoms with van der Waals surface area (Å²) in [6, 6.07) is 18.5. The van der Waals surface area contributed by atoms with E-state index in [1.165, 1.54) is 12.1 Å². The molecule has 0 saturated heterocycles. The van der Waals surface area contributed by atoms with Gasteiger partial charge in [-0.2, -0.15) is 13.2 Å². The molecule has 6 heteroatoms. The van der Waals surface area contributed by atoms with Crippen molar-refractivity contribution >= 4 is 39.5 Å². The van der Waals surface area contributed by atoms with Crippen LogP contribution in [-0.2, 0) is 6.18 Å². The van der Waals surface area contributed by atoms with E-state index < -0.39 is 11.7 Å². The smallest absolute Gasteiger partial charge is 0.332 e. The first-order valence-corrected chi connectivity index (χ1v) is 7.57. The highest BCUT2D eigenvalue weighted by atomic mass is 32.1. The van der Waals surface area contributed by atoms with Crippen molar-refractivity contribution in [3.05, 3.63) is 72.3 Å². The SMILES string of the molecule is FC(F)(F)c1cccc(NC(=S)Nc2ccc3ccccc3c2)c1. The third-order valence-corrected chi connectivity index (χ3v) is 3.66. The average molecular weight is 346 g/mol. The van der Waals surface area contributed by atoms with Crippen molar-refractivity contribution in [2.24, 2.45) is 0 Å². The van der Waals surface area contributed by atoms with Crippen LogP contribution < -0.4 is 10.6 Å². The Morgan fingerprint density at radius 2 is 1.42 bits per heavy atom. The van der Waals surface area contributed by atoms with E-state index in [9.17, 15) is 13.2 Å². The lowest BCUT2D eigenvalue weighted by Crippen LogP contribution is -2.19. The number of benzene rings is 3. The molecule has 0 fully saturated rings. The average Bonchev–Trinajstić information content (AvgIpc) is 2.54. The Labute approximate surface area is 142 Å². The molecule has 0 aliphatic carbocycles. The summed E-state index contributed by atoms with van der Waals surface area (Å²) >= 11 is 5.17. The lowest BCUT2D eigenvalue weighted by molar-refractivity contribution is -0.137. The number of alkyl halides is 3. The summed E-state index contributed by atoms with van der Waals surface area (Å²) in [4.78, 5) is 0. The number of thiocarbonyl (C=S) groups is 1. The third kappa shape index (κ3) is 3.83. The topological polar surface area (TPSA) is 24.1 Å². The molecule has 0 amide bonds. The zero-order chi connectivity index (χ0) is 17.2. The zero-order valence-corrected chi connectivity index (χ0v) is 13.2. The zero-order valence-electron chi connectivity index (χ0n) is 12.4. The van der Waals surface area contributed by atoms with Crippen molar-refractivity contribution in [2.45, 2.75) is 6.18 Å². The van der Waals surface area contributed by atoms with Gasteiger partial charge >= 0.3 is 6.18 Å². The predicted molar refractivity (Wildman–Crippen MR) is 95.2 cm³/mol. The van der Waals surface area contributed by atoms with Gasteiger partial charge in [-0.05, 0) is 53.3 Å². The van der Waals surface area contributed by atoms with Gasteiger partial charge < -0.3 is 10.6 Å². The molecule has 0 atom stereocenters. The first kappa shape index (κ1) is 16.3. The molecule has 3 rings (SSSR count). The van der Waals surface area contributed by atoms with Gasteiger partial charge in [-0.15, -0.1) is 0 Å². The predicted octanol–water partition coefficient (Wildman–Crippen LogP) is 5.67. The molecule has 0 radical (unpaired) electrons. The maximum Gasteiger partial charge on any atom is 0.416 e. The molecule has 3 aromatic carbocycles. The van der Waals surface area contributed by atoms with Crippen LogP contribution in [-0.4, -0.2) is 5.11 Å². The van der Waals surface area contributed by atoms with Gasteiger partial charge in [0.25, 0.3) is 0 Å². The van der Waals surface area contributed by atoms with Gasteiger partial charge in [0.2, 0.25) is 0 Å². The second-order valence-corrected chi connectivity index (χ2v) is 5.63. The van der Waals surface area contributed by atoms with Gasteiger partial charge in [-0.3, -0.25) is 0 Å². The molecule has 0 spiro atoms. The lowest BCUT2D eigenvalue weighted by atomic mass is 10.1. The third-order valence-electron chi connectivity index (χ3n) is 3.46. The highest BCUT2D eigenvalue weighted by Gasteiger charge is 2.30. The first-order valence-electron chi connectivity index (χ1n) is 7.16. The highest BCUT2D eigenvalue weighted by Crippen LogP contribution is 2.30. The minimum atomic E-state index is -4.38. The van der Waals surface area contributed by atoms with E-state index in [0.717, 1.165) is 28.6 Å². The van der Waals surface area contributed by atoms with Gasteiger partial charge in [-0.1, -0.05) is 36.4 Å². The maximum atomic E-state index is 12.7. The molecule has 3 aromatic rings. The van der Waals surface area contributed by atoms with Gasteiger partial charge in [0.15, 0.2) is 5.11 Å². The maximum absolute atomic E-state index is 12.7. The number of fused-ring (bicyclic) bond motifs is 1. The molecule has 0 heterocycles. The van der Waals surface area contributed by atoms with Crippen molar-refractivity contribution in [3.8, 4) is 0 Å². The van der Waals surface area contributed by atoms with Crippen molar-refractivity contribution in [3.63, 3.8) is 0 Å². The van der Waals surface area contributed by atoms with Crippen LogP contribution >= 0.6 is 12.2 Å². The molecule has 0 saturated carbocycles. The van der Waals surface area contributed by atoms with E-state index in [0.29, 0.717) is 0 Å². The van der Waals surface area contributed by atoms with Gasteiger partial charge in [0.1, 0.15) is 0 Å². The molecular formula is C18H13F3N2S. The summed E-state index contributed by atoms with van der Waals surface area (Å²) < 4.78 is 38.2. The molecule has 0 aromatic heterocycles. The van der Waals surface area contributed by atoms with E-state index in [-0.39, 0.29) is 10.8 Å². The minimum absolute atomic E-state index is 0.226. The molecule has 2 nitrogen and oxygen atoms in total. The summed E-state index contributed by atoms with van der Waals surface area (Å²) in [7, 11) is 0. The van der Waals surface area contributed by atoms with Crippen LogP contribution in [0.15, 0.2) is 66.7 Å². The molecular weight excluding hydrogens is 333 g/mol. The van der Waals surface area contributed by atoms with Crippen LogP contribution in [0.3, 0.4) is 0 Å². The van der Waals surface area contributed by atoms with Gasteiger partial charge in [-0.25, -0.2) is 0 Å². The second-order valence-electron chi connectivity index (χ2n) is 5.22. The Hall–Kier alpha value is -2.60. The van der Waals surface area contributed by atoms with E-state index in [1.54, 1.807) is 0 Å². The Balaban J connectivity index is 1.73. The van der Waals surface area contributed by atoms with Crippen LogP contribution in [0.2, 0.25) is 0 Å². The molecule has 2 N–H and O–H groups in total. The molecule has 122 valence electrons. The summed E-state index contributed by atoms with van der Waals surface area (Å²) in [5.74, 6) is 0. The molecule has 0 aliphatic rings. The van der Waals surface area contributed by atoms with Crippen LogP contribution in [0.1, 0.15) is 5.56 Å². The number of anilines is 2. The number of rotatable bonds is 2. The number of hydrogen-bond acceptors (Lipinski definition) is 1. The van der Waals surface area contributed by atoms with Gasteiger partial charge in [0.05, 0.1) is 5.56 Å². The summed E-state index contributed by atoms with van der Waals surface area (Å²) in [5.41, 5.74) is 0.322. The number of nitrogens with one attached hydrogen (secondary N) is 2. The fourth-order valence-corrected chi connectivity index (χ4v) is 2.57. The Bertz CT molecular complexity index is 891. The standard InChI is InChI=1S/C18H13F3N2S/c19-18(20,21)14-6-3-7-15(11-14)22-17(24)23-16-9-8-12-4-1-2-5-13(12)10-16/h1-11H,(H2,22,23,24). The van der Waals surface area contributed by atoms with Crippen LogP contribution in [0.4, 0.5) is 24.5 Å². The fraction of sp³-hybridized carbons (Fsp3) is 0.0556. The van der Waals surface area contributed by atoms with E-state index in [4.69, 9.17) is 12.2 Å². The van der Waals surface area contributed by atoms with Crippen molar-refractivity contribution in [2.75, 3.05) is 10.6 Å². The largest absolute Gasteiger partial charge is 0.416 e. The summed E-state index contributed by atoms with van der Waals surface area (Å²) in [6.45, 7) is 0. The molecule has 0 bridgehead atoms. The second kappa shape index (κ2) is 6.49. The molecule has 0 unspecified atom stereocenters. The van der Waals surface area contributed by atoms with Crippen molar-refractivity contribution in [1.29, 1.82) is 0 Å². The lowest BCUT2D eigenvalue weighted by Gasteiger charge is -2.13. The number of halogens is 3. The summed E-state index contributed by atoms with van der Waals surface area (Å²) in [6.07, 6.45) is -4.38. The molecule has 24 heavy (non-hydrogen) atoms. The van der Waals surface area contributed by atoms with E-state index >= 15 is 0 Å². The van der Waals surface area contributed by atoms with Crippen molar-refractivity contribution < 1.29 is 13.2 Å². The van der Waals surface area contributed by atoms with Crippen molar-refractivity contribution in [1.82, 2.24) is 0 Å². The Morgan fingerprint density at radius 3 is 2.12 bits per heavy atom. The normalized spacial score (nSPS) is 11.3. The Kier molecular flexibility index (Phi) is 4.40. The first-order chi connectivity index (χ1) is 11.4. The van der Waals surface area contributed by atoms with Gasteiger partial charge in [0, 0.05) is 11.4 Å². The minimum Gasteiger partial charge on any atom is -0.332 e. The van der Waals surface area contributed by atoms with Crippen LogP contribution in [0.5, 0.6) is 0 Å². The van der Waals surface area contributed by atoms with Crippen LogP contribution in [0, 0.1) is 0 Å². The fourth-order valence-electron chi connectivity index (χ4n) is 2.33. The monoisotopic (exact) mass is 346 g/mol. The molecule has 0 aliphatic heterocycles. The summed E-state index contributed by atoms with van der Waals surface area (Å²) in [5, 5.41) is 8.12. The van der Waals surface area contributed by atoms with E-state index in [1.807, 2.05) is 42.5 Å².